The monoisotopic (exact) mass is 1190 g/mol. The van der Waals surface area contributed by atoms with E-state index in [0.717, 1.165) is 70.6 Å². The van der Waals surface area contributed by atoms with Gasteiger partial charge in [-0.1, -0.05) is 304 Å². The number of allylic oxidation sites excluding steroid dienone is 14. The molecular weight excluding hydrogens is 1050 g/mol. The van der Waals surface area contributed by atoms with Crippen molar-refractivity contribution in [2.24, 2.45) is 0 Å². The molecule has 0 saturated carbocycles. The molecule has 85 heavy (non-hydrogen) atoms. The van der Waals surface area contributed by atoms with E-state index in [1.54, 1.807) is 0 Å². The van der Waals surface area contributed by atoms with E-state index in [0.29, 0.717) is 23.9 Å². The van der Waals surface area contributed by atoms with Crippen LogP contribution in [0.2, 0.25) is 0 Å². The summed E-state index contributed by atoms with van der Waals surface area (Å²) in [5, 5.41) is 11.8. The zero-order valence-electron chi connectivity index (χ0n) is 56.2. The fourth-order valence-electron chi connectivity index (χ4n) is 10.2. The minimum Gasteiger partial charge on any atom is -0.545 e. The molecular formula is C76H135NO8. The van der Waals surface area contributed by atoms with Crippen LogP contribution in [0.3, 0.4) is 0 Å². The molecule has 0 heterocycles. The number of hydrogen-bond acceptors (Lipinski definition) is 8. The number of quaternary nitrogens is 1. The number of aliphatic carboxylic acids is 1. The normalized spacial score (nSPS) is 13.2. The van der Waals surface area contributed by atoms with Crippen LogP contribution in [0.4, 0.5) is 0 Å². The molecule has 9 heteroatoms. The second kappa shape index (κ2) is 66.4. The Morgan fingerprint density at radius 2 is 0.671 bits per heavy atom. The lowest BCUT2D eigenvalue weighted by molar-refractivity contribution is -0.870. The molecule has 0 aliphatic heterocycles. The van der Waals surface area contributed by atoms with Crippen LogP contribution < -0.4 is 5.11 Å². The van der Waals surface area contributed by atoms with Crippen LogP contribution in [0.25, 0.3) is 0 Å². The predicted octanol–water partition coefficient (Wildman–Crippen LogP) is 20.9. The molecule has 0 aliphatic carbocycles. The van der Waals surface area contributed by atoms with Crippen molar-refractivity contribution in [1.29, 1.82) is 0 Å². The van der Waals surface area contributed by atoms with Crippen molar-refractivity contribution in [3.05, 3.63) is 85.1 Å². The average Bonchev–Trinajstić information content (AvgIpc) is 3.49. The van der Waals surface area contributed by atoms with Gasteiger partial charge in [0.1, 0.15) is 13.2 Å². The van der Waals surface area contributed by atoms with Gasteiger partial charge in [0.15, 0.2) is 12.4 Å². The minimum absolute atomic E-state index is 0.147. The maximum absolute atomic E-state index is 12.9. The van der Waals surface area contributed by atoms with Gasteiger partial charge in [-0.25, -0.2) is 0 Å². The fourth-order valence-corrected chi connectivity index (χ4v) is 10.2. The Morgan fingerprint density at radius 3 is 1.01 bits per heavy atom. The Labute approximate surface area is 525 Å². The van der Waals surface area contributed by atoms with Gasteiger partial charge >= 0.3 is 11.9 Å². The van der Waals surface area contributed by atoms with Crippen molar-refractivity contribution in [2.75, 3.05) is 47.5 Å². The fraction of sp³-hybridized carbons (Fsp3) is 0.776. The molecule has 492 valence electrons. The number of unbranched alkanes of at least 4 members (excludes halogenated alkanes) is 37. The summed E-state index contributed by atoms with van der Waals surface area (Å²) in [5.74, 6) is -2.27. The van der Waals surface area contributed by atoms with E-state index in [2.05, 4.69) is 98.9 Å². The Bertz CT molecular complexity index is 1670. The molecule has 0 N–H and O–H groups in total. The van der Waals surface area contributed by atoms with Gasteiger partial charge in [-0.15, -0.1) is 0 Å². The molecule has 0 amide bonds. The summed E-state index contributed by atoms with van der Waals surface area (Å²) in [6.07, 6.45) is 86.7. The number of rotatable bonds is 66. The van der Waals surface area contributed by atoms with Crippen molar-refractivity contribution in [3.8, 4) is 0 Å². The lowest BCUT2D eigenvalue weighted by atomic mass is 10.0. The molecule has 0 aromatic rings. The maximum Gasteiger partial charge on any atom is 0.306 e. The molecule has 0 radical (unpaired) electrons. The Kier molecular flexibility index (Phi) is 63.7. The summed E-state index contributed by atoms with van der Waals surface area (Å²) in [6.45, 7) is 4.67. The molecule has 0 spiro atoms. The predicted molar refractivity (Wildman–Crippen MR) is 361 cm³/mol. The second-order valence-corrected chi connectivity index (χ2v) is 25.1. The Hall–Kier alpha value is -3.53. The van der Waals surface area contributed by atoms with E-state index in [1.165, 1.54) is 218 Å². The number of carbonyl (C=O) groups excluding carboxylic acids is 3. The standard InChI is InChI=1S/C76H135NO8/c1-6-8-10-12-14-16-18-20-22-24-26-28-29-30-31-32-33-34-35-36-37-38-39-40-41-42-43-44-45-47-49-51-53-55-57-59-61-63-65-67-74(79)85-72(71-84-76(75(80)81)82-69-68-77(3,4)5)70-83-73(78)66-64-62-60-58-56-54-52-50-48-46-27-25-23-21-19-17-15-13-11-9-7-2/h8,10,14,16,20,22,25-28,30-31,33-34,72,76H,6-7,9,11-13,15,17-19,21,23-24,29,32,35-71H2,1-5H3/b10-8-,16-14-,22-20-,27-25-,28-26-,31-30-,34-33-. The third-order valence-electron chi connectivity index (χ3n) is 15.6. The highest BCUT2D eigenvalue weighted by molar-refractivity contribution is 5.70. The summed E-state index contributed by atoms with van der Waals surface area (Å²) >= 11 is 0. The first kappa shape index (κ1) is 81.5. The molecule has 0 bridgehead atoms. The SMILES string of the molecule is CC/C=C\C/C=C\C/C=C\C/C=C\C/C=C\C/C=C\CCCCCCCCCCCCCCCCCCCCCCC(=O)OC(COC(=O)CCCCCCCCCCC/C=C\CCCCCCCCCC)COC(OCC[N+](C)(C)C)C(=O)[O-]. The van der Waals surface area contributed by atoms with Gasteiger partial charge in [0.05, 0.1) is 40.3 Å². The van der Waals surface area contributed by atoms with Gasteiger partial charge in [-0.2, -0.15) is 0 Å². The Morgan fingerprint density at radius 1 is 0.365 bits per heavy atom. The van der Waals surface area contributed by atoms with Gasteiger partial charge in [0.2, 0.25) is 0 Å². The summed E-state index contributed by atoms with van der Waals surface area (Å²) in [7, 11) is 5.94. The van der Waals surface area contributed by atoms with Gasteiger partial charge < -0.3 is 33.3 Å². The first-order valence-electron chi connectivity index (χ1n) is 35.7. The number of carboxylic acids is 1. The molecule has 2 unspecified atom stereocenters. The van der Waals surface area contributed by atoms with Crippen LogP contribution in [0, 0.1) is 0 Å². The number of carboxylic acid groups (broad SMARTS) is 1. The molecule has 0 rings (SSSR count). The van der Waals surface area contributed by atoms with Crippen LogP contribution in [0.15, 0.2) is 85.1 Å². The zero-order valence-corrected chi connectivity index (χ0v) is 56.2. The molecule has 0 fully saturated rings. The van der Waals surface area contributed by atoms with Gasteiger partial charge in [-0.3, -0.25) is 9.59 Å². The van der Waals surface area contributed by atoms with Crippen molar-refractivity contribution < 1.29 is 42.9 Å². The van der Waals surface area contributed by atoms with E-state index in [-0.39, 0.29) is 32.2 Å². The highest BCUT2D eigenvalue weighted by Gasteiger charge is 2.22. The largest absolute Gasteiger partial charge is 0.545 e. The van der Waals surface area contributed by atoms with Crippen LogP contribution in [0.5, 0.6) is 0 Å². The number of ether oxygens (including phenoxy) is 4. The number of esters is 2. The average molecular weight is 1190 g/mol. The van der Waals surface area contributed by atoms with Crippen molar-refractivity contribution in [3.63, 3.8) is 0 Å². The number of nitrogens with zero attached hydrogens (tertiary/aromatic N) is 1. The van der Waals surface area contributed by atoms with Crippen molar-refractivity contribution >= 4 is 17.9 Å². The van der Waals surface area contributed by atoms with E-state index in [4.69, 9.17) is 18.9 Å². The lowest BCUT2D eigenvalue weighted by Crippen LogP contribution is -2.44. The third kappa shape index (κ3) is 67.8. The molecule has 0 aromatic heterocycles. The van der Waals surface area contributed by atoms with Crippen LogP contribution in [-0.4, -0.2) is 82.3 Å². The minimum atomic E-state index is -1.62. The van der Waals surface area contributed by atoms with Crippen LogP contribution in [-0.2, 0) is 33.3 Å². The number of carbonyl (C=O) groups is 3. The van der Waals surface area contributed by atoms with E-state index in [9.17, 15) is 19.5 Å². The summed E-state index contributed by atoms with van der Waals surface area (Å²) in [4.78, 5) is 37.5. The van der Waals surface area contributed by atoms with Gasteiger partial charge in [0, 0.05) is 12.8 Å². The molecule has 0 aliphatic rings. The van der Waals surface area contributed by atoms with E-state index < -0.39 is 24.3 Å². The van der Waals surface area contributed by atoms with Crippen molar-refractivity contribution in [2.45, 2.75) is 334 Å². The number of likely N-dealkylation sites (N-methyl/N-ethyl adjacent to an activating group) is 1. The molecule has 9 nitrogen and oxygen atoms in total. The zero-order chi connectivity index (χ0) is 61.9. The van der Waals surface area contributed by atoms with Crippen molar-refractivity contribution in [1.82, 2.24) is 0 Å². The maximum atomic E-state index is 12.9. The molecule has 0 saturated heterocycles. The highest BCUT2D eigenvalue weighted by Crippen LogP contribution is 2.18. The Balaban J connectivity index is 4.03. The lowest BCUT2D eigenvalue weighted by Gasteiger charge is -2.26. The van der Waals surface area contributed by atoms with Crippen LogP contribution in [0.1, 0.15) is 322 Å². The quantitative estimate of drug-likeness (QED) is 0.0195. The smallest absolute Gasteiger partial charge is 0.306 e. The second-order valence-electron chi connectivity index (χ2n) is 25.1. The third-order valence-corrected chi connectivity index (χ3v) is 15.6. The van der Waals surface area contributed by atoms with Crippen LogP contribution >= 0.6 is 0 Å². The van der Waals surface area contributed by atoms with Gasteiger partial charge in [0.25, 0.3) is 0 Å². The van der Waals surface area contributed by atoms with Gasteiger partial charge in [-0.05, 0) is 89.9 Å². The first-order chi connectivity index (χ1) is 41.6. The van der Waals surface area contributed by atoms with E-state index in [1.807, 2.05) is 21.1 Å². The van der Waals surface area contributed by atoms with E-state index >= 15 is 0 Å². The summed E-state index contributed by atoms with van der Waals surface area (Å²) in [5.41, 5.74) is 0. The summed E-state index contributed by atoms with van der Waals surface area (Å²) < 4.78 is 22.8. The molecule has 2 atom stereocenters. The summed E-state index contributed by atoms with van der Waals surface area (Å²) in [6, 6.07) is 0. The number of hydrogen-bond donors (Lipinski definition) is 0. The first-order valence-corrected chi connectivity index (χ1v) is 35.7. The topological polar surface area (TPSA) is 111 Å². The highest BCUT2D eigenvalue weighted by atomic mass is 16.7. The molecule has 0 aromatic carbocycles.